The highest BCUT2D eigenvalue weighted by molar-refractivity contribution is 6.66. The molecular formula is C4HCl3F6O. The summed E-state index contributed by atoms with van der Waals surface area (Å²) in [6.07, 6.45) is -15.6. The van der Waals surface area contributed by atoms with Crippen molar-refractivity contribution in [2.75, 3.05) is 0 Å². The molecule has 14 heavy (non-hydrogen) atoms. The normalized spacial score (nSPS) is 16.9. The first-order valence-electron chi connectivity index (χ1n) is 2.72. The maximum atomic E-state index is 12.2. The third-order valence-electron chi connectivity index (χ3n) is 0.834. The highest BCUT2D eigenvalue weighted by atomic mass is 35.6. The van der Waals surface area contributed by atoms with Crippen LogP contribution in [0.1, 0.15) is 0 Å². The number of hydrogen-bond donors (Lipinski definition) is 0. The molecule has 0 spiro atoms. The van der Waals surface area contributed by atoms with Crippen LogP contribution >= 0.6 is 34.8 Å². The summed E-state index contributed by atoms with van der Waals surface area (Å²) in [5.74, 6) is 0. The van der Waals surface area contributed by atoms with Crippen LogP contribution < -0.4 is 0 Å². The monoisotopic (exact) mass is 284 g/mol. The van der Waals surface area contributed by atoms with Gasteiger partial charge in [-0.2, -0.15) is 22.0 Å². The molecule has 0 fully saturated rings. The largest absolute Gasteiger partial charge is 0.428 e. The van der Waals surface area contributed by atoms with Gasteiger partial charge in [0.15, 0.2) is 0 Å². The quantitative estimate of drug-likeness (QED) is 0.553. The minimum atomic E-state index is -5.81. The topological polar surface area (TPSA) is 9.23 Å². The van der Waals surface area contributed by atoms with Crippen LogP contribution in [0.15, 0.2) is 0 Å². The van der Waals surface area contributed by atoms with Gasteiger partial charge in [-0.1, -0.05) is 34.8 Å². The summed E-state index contributed by atoms with van der Waals surface area (Å²) in [4.78, 5) is 0. The van der Waals surface area contributed by atoms with Gasteiger partial charge in [-0.25, -0.2) is 4.39 Å². The molecule has 0 saturated carbocycles. The third kappa shape index (κ3) is 4.77. The van der Waals surface area contributed by atoms with Crippen LogP contribution in [-0.4, -0.2) is 22.4 Å². The second kappa shape index (κ2) is 4.11. The first-order valence-corrected chi connectivity index (χ1v) is 3.85. The second-order valence-corrected chi connectivity index (χ2v) is 4.19. The fourth-order valence-corrected chi connectivity index (χ4v) is 0.705. The van der Waals surface area contributed by atoms with Crippen molar-refractivity contribution in [2.45, 2.75) is 22.4 Å². The van der Waals surface area contributed by atoms with Gasteiger partial charge in [0.25, 0.3) is 6.17 Å². The van der Waals surface area contributed by atoms with Gasteiger partial charge in [0.05, 0.1) is 0 Å². The Morgan fingerprint density at radius 3 is 1.50 bits per heavy atom. The molecule has 1 nitrogen and oxygen atoms in total. The average Bonchev–Trinajstić information content (AvgIpc) is 1.78. The number of halogens is 9. The van der Waals surface area contributed by atoms with Crippen molar-refractivity contribution in [1.29, 1.82) is 0 Å². The summed E-state index contributed by atoms with van der Waals surface area (Å²) in [5.41, 5.74) is 0. The smallest absolute Gasteiger partial charge is 0.267 e. The molecule has 0 aliphatic heterocycles. The Balaban J connectivity index is 4.63. The van der Waals surface area contributed by atoms with Crippen molar-refractivity contribution in [1.82, 2.24) is 0 Å². The van der Waals surface area contributed by atoms with E-state index in [1.165, 1.54) is 0 Å². The van der Waals surface area contributed by atoms with Crippen LogP contribution in [-0.2, 0) is 4.74 Å². The van der Waals surface area contributed by atoms with Crippen LogP contribution in [0.25, 0.3) is 0 Å². The number of alkyl halides is 9. The zero-order valence-electron chi connectivity index (χ0n) is 5.89. The van der Waals surface area contributed by atoms with Crippen LogP contribution in [0.2, 0.25) is 0 Å². The summed E-state index contributed by atoms with van der Waals surface area (Å²) in [5, 5.41) is 0. The third-order valence-corrected chi connectivity index (χ3v) is 1.07. The molecule has 0 radical (unpaired) electrons. The Morgan fingerprint density at radius 2 is 1.29 bits per heavy atom. The Morgan fingerprint density at radius 1 is 0.929 bits per heavy atom. The summed E-state index contributed by atoms with van der Waals surface area (Å²) in [6, 6.07) is 0. The fraction of sp³-hybridized carbons (Fsp3) is 1.00. The highest BCUT2D eigenvalue weighted by Gasteiger charge is 2.60. The number of hydrogen-bond acceptors (Lipinski definition) is 1. The van der Waals surface area contributed by atoms with Crippen molar-refractivity contribution in [3.8, 4) is 0 Å². The van der Waals surface area contributed by atoms with E-state index in [1.54, 1.807) is 0 Å². The van der Waals surface area contributed by atoms with E-state index >= 15 is 0 Å². The van der Waals surface area contributed by atoms with Gasteiger partial charge in [0.1, 0.15) is 0 Å². The lowest BCUT2D eigenvalue weighted by Crippen LogP contribution is -2.45. The van der Waals surface area contributed by atoms with Crippen molar-refractivity contribution in [2.24, 2.45) is 0 Å². The molecular weight excluding hydrogens is 284 g/mol. The lowest BCUT2D eigenvalue weighted by atomic mass is 10.3. The maximum absolute atomic E-state index is 12.2. The lowest BCUT2D eigenvalue weighted by Gasteiger charge is -2.25. The molecule has 0 saturated heterocycles. The molecule has 0 aromatic rings. The summed E-state index contributed by atoms with van der Waals surface area (Å²) < 4.78 is 70.7. The summed E-state index contributed by atoms with van der Waals surface area (Å²) in [6.45, 7) is 0. The Labute approximate surface area is 88.9 Å². The zero-order chi connectivity index (χ0) is 11.8. The standard InChI is InChI=1S/C4HCl3F6O/c5-4(6,7)14-3(12,13)1(8)2(9,10)11/h1H/t1-/m0/s1. The van der Waals surface area contributed by atoms with E-state index in [1.807, 2.05) is 0 Å². The molecule has 0 heterocycles. The molecule has 0 bridgehead atoms. The second-order valence-electron chi connectivity index (χ2n) is 2.01. The van der Waals surface area contributed by atoms with Gasteiger partial charge in [-0.05, 0) is 0 Å². The molecule has 0 aromatic heterocycles. The van der Waals surface area contributed by atoms with Gasteiger partial charge in [-0.3, -0.25) is 4.74 Å². The van der Waals surface area contributed by atoms with E-state index in [4.69, 9.17) is 0 Å². The SMILES string of the molecule is F[C@@H](C(F)(F)F)C(F)(F)OC(Cl)(Cl)Cl. The first kappa shape index (κ1) is 14.4. The first-order chi connectivity index (χ1) is 5.86. The molecule has 86 valence electrons. The minimum Gasteiger partial charge on any atom is -0.267 e. The van der Waals surface area contributed by atoms with E-state index in [0.717, 1.165) is 0 Å². The van der Waals surface area contributed by atoms with E-state index < -0.39 is 22.4 Å². The van der Waals surface area contributed by atoms with E-state index in [-0.39, 0.29) is 0 Å². The van der Waals surface area contributed by atoms with Crippen molar-refractivity contribution >= 4 is 34.8 Å². The molecule has 0 rings (SSSR count). The van der Waals surface area contributed by atoms with Gasteiger partial charge >= 0.3 is 16.3 Å². The molecule has 0 N–H and O–H groups in total. The predicted molar refractivity (Wildman–Crippen MR) is 37.3 cm³/mol. The van der Waals surface area contributed by atoms with Gasteiger partial charge in [-0.15, -0.1) is 0 Å². The Kier molecular flexibility index (Phi) is 4.23. The zero-order valence-corrected chi connectivity index (χ0v) is 8.16. The van der Waals surface area contributed by atoms with Crippen molar-refractivity contribution in [3.63, 3.8) is 0 Å². The van der Waals surface area contributed by atoms with E-state index in [0.29, 0.717) is 0 Å². The van der Waals surface area contributed by atoms with Gasteiger partial charge < -0.3 is 0 Å². The van der Waals surface area contributed by atoms with E-state index in [2.05, 4.69) is 39.5 Å². The van der Waals surface area contributed by atoms with Crippen LogP contribution in [0.5, 0.6) is 0 Å². The molecule has 1 atom stereocenters. The van der Waals surface area contributed by atoms with Gasteiger partial charge in [0, 0.05) is 0 Å². The predicted octanol–water partition coefficient (Wildman–Crippen LogP) is 3.82. The average molecular weight is 285 g/mol. The number of rotatable bonds is 2. The van der Waals surface area contributed by atoms with Crippen molar-refractivity contribution < 1.29 is 31.1 Å². The maximum Gasteiger partial charge on any atom is 0.428 e. The van der Waals surface area contributed by atoms with Gasteiger partial charge in [0.2, 0.25) is 0 Å². The number of ether oxygens (including phenoxy) is 1. The minimum absolute atomic E-state index is 2.98. The van der Waals surface area contributed by atoms with Crippen LogP contribution in [0.3, 0.4) is 0 Å². The van der Waals surface area contributed by atoms with Crippen LogP contribution in [0, 0.1) is 0 Å². The Hall–Kier alpha value is 0.410. The molecule has 0 amide bonds. The molecule has 0 aliphatic carbocycles. The van der Waals surface area contributed by atoms with Crippen molar-refractivity contribution in [3.05, 3.63) is 0 Å². The van der Waals surface area contributed by atoms with E-state index in [9.17, 15) is 26.3 Å². The lowest BCUT2D eigenvalue weighted by molar-refractivity contribution is -0.338. The fourth-order valence-electron chi connectivity index (χ4n) is 0.397. The molecule has 0 aliphatic rings. The molecule has 0 unspecified atom stereocenters. The highest BCUT2D eigenvalue weighted by Crippen LogP contribution is 2.41. The molecule has 10 heteroatoms. The summed E-state index contributed by atoms with van der Waals surface area (Å²) in [7, 11) is 0. The molecule has 0 aromatic carbocycles. The summed E-state index contributed by atoms with van der Waals surface area (Å²) >= 11 is 13.8. The van der Waals surface area contributed by atoms with Crippen LogP contribution in [0.4, 0.5) is 26.3 Å². The Bertz CT molecular complexity index is 198.